The molecule has 0 radical (unpaired) electrons. The van der Waals surface area contributed by atoms with Crippen molar-refractivity contribution >= 4 is 27.1 Å². The number of ether oxygens (including phenoxy) is 1. The second-order valence-electron chi connectivity index (χ2n) is 6.59. The van der Waals surface area contributed by atoms with Crippen molar-refractivity contribution in [2.75, 3.05) is 0 Å². The lowest BCUT2D eigenvalue weighted by atomic mass is 9.86. The first kappa shape index (κ1) is 20.4. The van der Waals surface area contributed by atoms with Gasteiger partial charge in [0, 0.05) is 16.0 Å². The summed E-state index contributed by atoms with van der Waals surface area (Å²) in [5, 5.41) is 0. The maximum Gasteiger partial charge on any atom is 0.128 e. The van der Waals surface area contributed by atoms with Crippen LogP contribution in [0.5, 0.6) is 5.75 Å². The molecule has 0 spiro atoms. The number of hydrogen-bond donors (Lipinski definition) is 0. The van der Waals surface area contributed by atoms with Crippen LogP contribution in [0.1, 0.15) is 49.8 Å². The van der Waals surface area contributed by atoms with Crippen LogP contribution in [0.3, 0.4) is 0 Å². The van der Waals surface area contributed by atoms with Gasteiger partial charge >= 0.3 is 0 Å². The van der Waals surface area contributed by atoms with Crippen LogP contribution in [-0.2, 0) is 0 Å². The molecule has 2 aromatic rings. The summed E-state index contributed by atoms with van der Waals surface area (Å²) in [5.41, 5.74) is 6.10. The van der Waals surface area contributed by atoms with Gasteiger partial charge in [-0.1, -0.05) is 91.8 Å². The maximum absolute atomic E-state index is 6.10. The first-order valence-corrected chi connectivity index (χ1v) is 10.8. The van der Waals surface area contributed by atoms with Crippen LogP contribution in [0.25, 0.3) is 11.1 Å². The van der Waals surface area contributed by atoms with Crippen molar-refractivity contribution in [3.05, 3.63) is 101 Å². The van der Waals surface area contributed by atoms with Crippen LogP contribution in [0.2, 0.25) is 0 Å². The monoisotopic (exact) mass is 434 g/mol. The van der Waals surface area contributed by atoms with Gasteiger partial charge in [-0.15, -0.1) is 0 Å². The van der Waals surface area contributed by atoms with E-state index in [4.69, 9.17) is 4.74 Å². The number of rotatable bonds is 4. The van der Waals surface area contributed by atoms with Gasteiger partial charge in [-0.05, 0) is 53.0 Å². The van der Waals surface area contributed by atoms with Crippen molar-refractivity contribution in [2.45, 2.75) is 39.2 Å². The third-order valence-electron chi connectivity index (χ3n) is 4.96. The van der Waals surface area contributed by atoms with Gasteiger partial charge in [-0.2, -0.15) is 0 Å². The summed E-state index contributed by atoms with van der Waals surface area (Å²) in [7, 11) is 0. The second-order valence-corrected chi connectivity index (χ2v) is 7.45. The normalized spacial score (nSPS) is 19.6. The fourth-order valence-corrected chi connectivity index (χ4v) is 4.33. The molecule has 2 atom stereocenters. The van der Waals surface area contributed by atoms with Gasteiger partial charge in [-0.3, -0.25) is 0 Å². The lowest BCUT2D eigenvalue weighted by Gasteiger charge is -2.19. The Labute approximate surface area is 177 Å². The quantitative estimate of drug-likeness (QED) is 0.443. The maximum atomic E-state index is 6.10. The van der Waals surface area contributed by atoms with E-state index in [1.54, 1.807) is 0 Å². The summed E-state index contributed by atoms with van der Waals surface area (Å²) in [6, 6.07) is 14.8. The van der Waals surface area contributed by atoms with Crippen molar-refractivity contribution < 1.29 is 4.74 Å². The lowest BCUT2D eigenvalue weighted by Crippen LogP contribution is -2.17. The fraction of sp³-hybridized carbons (Fsp3) is 0.231. The van der Waals surface area contributed by atoms with E-state index in [0.717, 1.165) is 16.6 Å². The molecule has 4 rings (SSSR count). The average Bonchev–Trinajstić information content (AvgIpc) is 3.12. The number of benzene rings is 2. The summed E-state index contributed by atoms with van der Waals surface area (Å²) in [6.45, 7) is 10.1. The van der Waals surface area contributed by atoms with E-state index in [9.17, 15) is 0 Å². The van der Waals surface area contributed by atoms with Crippen LogP contribution in [0.4, 0.5) is 0 Å². The van der Waals surface area contributed by atoms with Crippen LogP contribution >= 0.6 is 15.9 Å². The Hall–Kier alpha value is -2.32. The molecule has 0 bridgehead atoms. The van der Waals surface area contributed by atoms with Crippen LogP contribution < -0.4 is 4.74 Å². The molecular formula is C26H27BrO. The zero-order valence-corrected chi connectivity index (χ0v) is 18.4. The molecule has 0 fully saturated rings. The molecule has 144 valence electrons. The van der Waals surface area contributed by atoms with Crippen molar-refractivity contribution in [3.63, 3.8) is 0 Å². The van der Waals surface area contributed by atoms with Crippen LogP contribution in [0.15, 0.2) is 83.9 Å². The first-order chi connectivity index (χ1) is 13.7. The Balaban J connectivity index is 0.00000109. The molecule has 1 aliphatic heterocycles. The fourth-order valence-electron chi connectivity index (χ4n) is 3.72. The largest absolute Gasteiger partial charge is 0.485 e. The Kier molecular flexibility index (Phi) is 6.74. The molecule has 2 unspecified atom stereocenters. The van der Waals surface area contributed by atoms with Gasteiger partial charge in [0.05, 0.1) is 0 Å². The van der Waals surface area contributed by atoms with E-state index in [-0.39, 0.29) is 12.0 Å². The van der Waals surface area contributed by atoms with Crippen molar-refractivity contribution in [1.82, 2.24) is 0 Å². The summed E-state index contributed by atoms with van der Waals surface area (Å²) >= 11 is 3.69. The predicted molar refractivity (Wildman–Crippen MR) is 125 cm³/mol. The minimum atomic E-state index is 0.0827. The Morgan fingerprint density at radius 3 is 2.71 bits per heavy atom. The zero-order chi connectivity index (χ0) is 20.1. The van der Waals surface area contributed by atoms with Gasteiger partial charge in [0.25, 0.3) is 0 Å². The Bertz CT molecular complexity index is 949. The molecule has 0 saturated heterocycles. The third kappa shape index (κ3) is 3.93. The van der Waals surface area contributed by atoms with E-state index in [2.05, 4.69) is 84.1 Å². The van der Waals surface area contributed by atoms with E-state index in [1.807, 2.05) is 32.1 Å². The highest BCUT2D eigenvalue weighted by atomic mass is 79.9. The third-order valence-corrected chi connectivity index (χ3v) is 5.65. The van der Waals surface area contributed by atoms with Crippen molar-refractivity contribution in [1.29, 1.82) is 0 Å². The lowest BCUT2D eigenvalue weighted by molar-refractivity contribution is 0.269. The number of hydrogen-bond acceptors (Lipinski definition) is 1. The summed E-state index contributed by atoms with van der Waals surface area (Å²) < 4.78 is 7.22. The molecule has 2 heteroatoms. The summed E-state index contributed by atoms with van der Waals surface area (Å²) in [4.78, 5) is 0. The van der Waals surface area contributed by atoms with Gasteiger partial charge in [0.2, 0.25) is 0 Å². The Morgan fingerprint density at radius 2 is 1.96 bits per heavy atom. The molecule has 0 amide bonds. The molecule has 0 N–H and O–H groups in total. The van der Waals surface area contributed by atoms with Gasteiger partial charge in [-0.25, -0.2) is 0 Å². The molecule has 28 heavy (non-hydrogen) atoms. The molecule has 2 aromatic carbocycles. The minimum absolute atomic E-state index is 0.0827. The van der Waals surface area contributed by atoms with E-state index in [0.29, 0.717) is 0 Å². The molecule has 0 aromatic heterocycles. The van der Waals surface area contributed by atoms with E-state index in [1.165, 1.54) is 27.8 Å². The van der Waals surface area contributed by atoms with Gasteiger partial charge < -0.3 is 4.74 Å². The molecule has 1 aliphatic carbocycles. The zero-order valence-electron chi connectivity index (χ0n) is 16.8. The highest BCUT2D eigenvalue weighted by Crippen LogP contribution is 2.46. The standard InChI is InChI=1S/C24H21BrO.C2H6/c1-3-7-16(4-2)17-8-5-9-18(14-17)19-12-13-22-20(15-19)24-21(25)10-6-11-23(24)26-22;1-2/h4-15,20,22H,2-3H2,1H3;1-2H3/b16-7+;. The van der Waals surface area contributed by atoms with Crippen LogP contribution in [0, 0.1) is 0 Å². The topological polar surface area (TPSA) is 9.23 Å². The first-order valence-electron chi connectivity index (χ1n) is 9.99. The molecule has 2 aliphatic rings. The number of halogens is 1. The molecule has 1 heterocycles. The Morgan fingerprint density at radius 1 is 1.18 bits per heavy atom. The summed E-state index contributed by atoms with van der Waals surface area (Å²) in [6.07, 6.45) is 11.9. The SMILES string of the molecule is C=C/C(=C\CC)c1cccc(C2=CC3c4c(Br)cccc4OC3C=C2)c1.CC. The molecule has 1 nitrogen and oxygen atoms in total. The van der Waals surface area contributed by atoms with E-state index < -0.39 is 0 Å². The molecular weight excluding hydrogens is 408 g/mol. The highest BCUT2D eigenvalue weighted by Gasteiger charge is 2.34. The van der Waals surface area contributed by atoms with Crippen LogP contribution in [-0.4, -0.2) is 6.10 Å². The van der Waals surface area contributed by atoms with Crippen molar-refractivity contribution in [3.8, 4) is 5.75 Å². The minimum Gasteiger partial charge on any atom is -0.485 e. The predicted octanol–water partition coefficient (Wildman–Crippen LogP) is 7.95. The second kappa shape index (κ2) is 9.25. The van der Waals surface area contributed by atoms with Crippen molar-refractivity contribution in [2.24, 2.45) is 0 Å². The summed E-state index contributed by atoms with van der Waals surface area (Å²) in [5.74, 6) is 1.22. The van der Waals surface area contributed by atoms with Gasteiger partial charge in [0.1, 0.15) is 11.9 Å². The molecule has 0 saturated carbocycles. The van der Waals surface area contributed by atoms with E-state index >= 15 is 0 Å². The average molecular weight is 435 g/mol. The number of allylic oxidation sites excluding steroid dienone is 5. The number of fused-ring (bicyclic) bond motifs is 3. The smallest absolute Gasteiger partial charge is 0.128 e. The van der Waals surface area contributed by atoms with Gasteiger partial charge in [0.15, 0.2) is 0 Å². The highest BCUT2D eigenvalue weighted by molar-refractivity contribution is 9.10.